The molecular formula is C11H10Br2O2. The van der Waals surface area contributed by atoms with Crippen LogP contribution in [0, 0.1) is 0 Å². The Balaban J connectivity index is 2.07. The Labute approximate surface area is 105 Å². The summed E-state index contributed by atoms with van der Waals surface area (Å²) in [5.41, 5.74) is 0. The SMILES string of the molecule is O=C1CCC(Oc2ccc(Br)cc2Br)C1. The van der Waals surface area contributed by atoms with Crippen molar-refractivity contribution < 1.29 is 9.53 Å². The second kappa shape index (κ2) is 4.66. The van der Waals surface area contributed by atoms with Crippen LogP contribution in [0.2, 0.25) is 0 Å². The van der Waals surface area contributed by atoms with Crippen molar-refractivity contribution in [2.45, 2.75) is 25.4 Å². The number of carbonyl (C=O) groups excluding carboxylic acids is 1. The molecule has 0 aromatic heterocycles. The lowest BCUT2D eigenvalue weighted by Crippen LogP contribution is -2.12. The van der Waals surface area contributed by atoms with Gasteiger partial charge >= 0.3 is 0 Å². The molecule has 0 saturated heterocycles. The number of ether oxygens (including phenoxy) is 1. The average Bonchev–Trinajstić information content (AvgIpc) is 2.56. The maximum absolute atomic E-state index is 11.1. The van der Waals surface area contributed by atoms with Crippen LogP contribution in [0.15, 0.2) is 27.1 Å². The highest BCUT2D eigenvalue weighted by atomic mass is 79.9. The third-order valence-corrected chi connectivity index (χ3v) is 3.50. The quantitative estimate of drug-likeness (QED) is 0.824. The molecule has 15 heavy (non-hydrogen) atoms. The fourth-order valence-electron chi connectivity index (χ4n) is 1.63. The van der Waals surface area contributed by atoms with E-state index in [0.29, 0.717) is 18.6 Å². The smallest absolute Gasteiger partial charge is 0.136 e. The molecule has 0 N–H and O–H groups in total. The molecule has 1 atom stereocenters. The first-order valence-electron chi connectivity index (χ1n) is 4.78. The molecule has 80 valence electrons. The summed E-state index contributed by atoms with van der Waals surface area (Å²) in [6, 6.07) is 5.76. The summed E-state index contributed by atoms with van der Waals surface area (Å²) in [5.74, 6) is 1.10. The third-order valence-electron chi connectivity index (χ3n) is 2.39. The van der Waals surface area contributed by atoms with Crippen LogP contribution >= 0.6 is 31.9 Å². The number of halogens is 2. The van der Waals surface area contributed by atoms with E-state index in [-0.39, 0.29) is 6.10 Å². The number of hydrogen-bond donors (Lipinski definition) is 0. The lowest BCUT2D eigenvalue weighted by molar-refractivity contribution is -0.117. The van der Waals surface area contributed by atoms with Gasteiger partial charge in [-0.2, -0.15) is 0 Å². The average molecular weight is 334 g/mol. The van der Waals surface area contributed by atoms with Crippen LogP contribution in [0.1, 0.15) is 19.3 Å². The zero-order valence-electron chi connectivity index (χ0n) is 8.00. The maximum Gasteiger partial charge on any atom is 0.136 e. The fraction of sp³-hybridized carbons (Fsp3) is 0.364. The highest BCUT2D eigenvalue weighted by Gasteiger charge is 2.24. The molecule has 1 aromatic rings. The minimum atomic E-state index is 0.0509. The Morgan fingerprint density at radius 3 is 2.73 bits per heavy atom. The molecule has 0 radical (unpaired) electrons. The number of benzene rings is 1. The van der Waals surface area contributed by atoms with Crippen molar-refractivity contribution in [2.75, 3.05) is 0 Å². The standard InChI is InChI=1S/C11H10Br2O2/c12-7-1-4-11(10(13)5-7)15-9-3-2-8(14)6-9/h1,4-5,9H,2-3,6H2. The van der Waals surface area contributed by atoms with Crippen LogP contribution in [0.25, 0.3) is 0 Å². The highest BCUT2D eigenvalue weighted by molar-refractivity contribution is 9.11. The number of rotatable bonds is 2. The first-order valence-corrected chi connectivity index (χ1v) is 6.37. The summed E-state index contributed by atoms with van der Waals surface area (Å²) in [7, 11) is 0. The zero-order chi connectivity index (χ0) is 10.8. The molecule has 4 heteroatoms. The Morgan fingerprint density at radius 2 is 2.13 bits per heavy atom. The molecule has 1 aliphatic carbocycles. The molecule has 0 amide bonds. The van der Waals surface area contributed by atoms with Gasteiger partial charge in [0.2, 0.25) is 0 Å². The number of hydrogen-bond acceptors (Lipinski definition) is 2. The van der Waals surface area contributed by atoms with E-state index < -0.39 is 0 Å². The van der Waals surface area contributed by atoms with Gasteiger partial charge in [0.1, 0.15) is 17.6 Å². The summed E-state index contributed by atoms with van der Waals surface area (Å²) in [5, 5.41) is 0. The van der Waals surface area contributed by atoms with Gasteiger partial charge in [-0.3, -0.25) is 4.79 Å². The minimum Gasteiger partial charge on any atom is -0.489 e. The van der Waals surface area contributed by atoms with Gasteiger partial charge in [-0.1, -0.05) is 15.9 Å². The van der Waals surface area contributed by atoms with Crippen molar-refractivity contribution in [3.05, 3.63) is 27.1 Å². The summed E-state index contributed by atoms with van der Waals surface area (Å²) in [6.07, 6.45) is 2.08. The molecular weight excluding hydrogens is 324 g/mol. The Bertz CT molecular complexity index is 390. The van der Waals surface area contributed by atoms with E-state index >= 15 is 0 Å². The van der Waals surface area contributed by atoms with Crippen molar-refractivity contribution in [1.82, 2.24) is 0 Å². The molecule has 1 saturated carbocycles. The predicted molar refractivity (Wildman–Crippen MR) is 65.1 cm³/mol. The molecule has 1 fully saturated rings. The molecule has 0 spiro atoms. The van der Waals surface area contributed by atoms with Gasteiger partial charge in [-0.25, -0.2) is 0 Å². The van der Waals surface area contributed by atoms with Gasteiger partial charge < -0.3 is 4.74 Å². The van der Waals surface area contributed by atoms with Gasteiger partial charge in [-0.05, 0) is 40.5 Å². The predicted octanol–water partition coefficient (Wildman–Crippen LogP) is 3.71. The van der Waals surface area contributed by atoms with Crippen molar-refractivity contribution in [3.63, 3.8) is 0 Å². The van der Waals surface area contributed by atoms with E-state index in [1.54, 1.807) is 0 Å². The van der Waals surface area contributed by atoms with Gasteiger partial charge in [0, 0.05) is 17.3 Å². The molecule has 1 aliphatic rings. The van der Waals surface area contributed by atoms with Crippen LogP contribution in [0.3, 0.4) is 0 Å². The van der Waals surface area contributed by atoms with E-state index in [9.17, 15) is 4.79 Å². The summed E-state index contributed by atoms with van der Waals surface area (Å²) >= 11 is 6.81. The first kappa shape index (κ1) is 11.1. The van der Waals surface area contributed by atoms with Crippen LogP contribution in [0.5, 0.6) is 5.75 Å². The van der Waals surface area contributed by atoms with E-state index in [2.05, 4.69) is 31.9 Å². The Hall–Kier alpha value is -0.350. The molecule has 2 nitrogen and oxygen atoms in total. The van der Waals surface area contributed by atoms with Gasteiger partial charge in [0.15, 0.2) is 0 Å². The van der Waals surface area contributed by atoms with Gasteiger partial charge in [0.05, 0.1) is 4.47 Å². The lowest BCUT2D eigenvalue weighted by Gasteiger charge is -2.13. The number of Topliss-reactive ketones (excluding diaryl/α,β-unsaturated/α-hetero) is 1. The van der Waals surface area contributed by atoms with E-state index in [4.69, 9.17) is 4.74 Å². The monoisotopic (exact) mass is 332 g/mol. The Kier molecular flexibility index (Phi) is 3.46. The molecule has 0 bridgehead atoms. The van der Waals surface area contributed by atoms with E-state index in [0.717, 1.165) is 21.1 Å². The van der Waals surface area contributed by atoms with Crippen molar-refractivity contribution in [2.24, 2.45) is 0 Å². The van der Waals surface area contributed by atoms with Crippen LogP contribution in [-0.2, 0) is 4.79 Å². The Morgan fingerprint density at radius 1 is 1.33 bits per heavy atom. The molecule has 0 heterocycles. The molecule has 0 aliphatic heterocycles. The second-order valence-corrected chi connectivity index (χ2v) is 5.37. The van der Waals surface area contributed by atoms with Crippen molar-refractivity contribution in [3.8, 4) is 5.75 Å². The van der Waals surface area contributed by atoms with Crippen LogP contribution in [-0.4, -0.2) is 11.9 Å². The highest BCUT2D eigenvalue weighted by Crippen LogP contribution is 2.31. The van der Waals surface area contributed by atoms with Crippen molar-refractivity contribution in [1.29, 1.82) is 0 Å². The molecule has 2 rings (SSSR count). The molecule has 1 aromatic carbocycles. The normalized spacial score (nSPS) is 20.7. The minimum absolute atomic E-state index is 0.0509. The summed E-state index contributed by atoms with van der Waals surface area (Å²) in [4.78, 5) is 11.1. The summed E-state index contributed by atoms with van der Waals surface area (Å²) in [6.45, 7) is 0. The van der Waals surface area contributed by atoms with E-state index in [1.807, 2.05) is 18.2 Å². The number of ketones is 1. The number of carbonyl (C=O) groups is 1. The van der Waals surface area contributed by atoms with Gasteiger partial charge in [-0.15, -0.1) is 0 Å². The van der Waals surface area contributed by atoms with Gasteiger partial charge in [0.25, 0.3) is 0 Å². The topological polar surface area (TPSA) is 26.3 Å². The van der Waals surface area contributed by atoms with Crippen molar-refractivity contribution >= 4 is 37.6 Å². The molecule has 1 unspecified atom stereocenters. The van der Waals surface area contributed by atoms with Crippen LogP contribution < -0.4 is 4.74 Å². The van der Waals surface area contributed by atoms with E-state index in [1.165, 1.54) is 0 Å². The maximum atomic E-state index is 11.1. The third kappa shape index (κ3) is 2.82. The largest absolute Gasteiger partial charge is 0.489 e. The fourth-order valence-corrected chi connectivity index (χ4v) is 2.77. The second-order valence-electron chi connectivity index (χ2n) is 3.60. The zero-order valence-corrected chi connectivity index (χ0v) is 11.2. The van der Waals surface area contributed by atoms with Crippen LogP contribution in [0.4, 0.5) is 0 Å². The summed E-state index contributed by atoms with van der Waals surface area (Å²) < 4.78 is 7.66. The lowest BCUT2D eigenvalue weighted by atomic mass is 10.3. The first-order chi connectivity index (χ1) is 7.15.